The number of carbonyl (C=O) groups is 4. The number of rotatable bonds is 10. The second-order valence-electron chi connectivity index (χ2n) is 10.1. The van der Waals surface area contributed by atoms with Crippen molar-refractivity contribution in [3.63, 3.8) is 0 Å². The van der Waals surface area contributed by atoms with Gasteiger partial charge in [-0.25, -0.2) is 9.97 Å². The Balaban J connectivity index is 1.13. The molecule has 47 heavy (non-hydrogen) atoms. The van der Waals surface area contributed by atoms with Gasteiger partial charge in [-0.15, -0.1) is 10.2 Å². The van der Waals surface area contributed by atoms with Gasteiger partial charge >= 0.3 is 0 Å². The number of carbonyl (C=O) groups excluding carboxylic acids is 4. The highest BCUT2D eigenvalue weighted by Crippen LogP contribution is 2.26. The summed E-state index contributed by atoms with van der Waals surface area (Å²) >= 11 is 0. The Hall–Kier alpha value is -6.38. The first kappa shape index (κ1) is 32.0. The van der Waals surface area contributed by atoms with E-state index in [1.54, 1.807) is 62.4 Å². The number of halogens is 2. The maximum atomic E-state index is 13.3. The predicted octanol–water partition coefficient (Wildman–Crippen LogP) is 3.99. The van der Waals surface area contributed by atoms with Gasteiger partial charge in [-0.3, -0.25) is 29.8 Å². The summed E-state index contributed by atoms with van der Waals surface area (Å²) in [4.78, 5) is 56.2. The molecule has 4 amide bonds. The lowest BCUT2D eigenvalue weighted by Crippen LogP contribution is -2.41. The van der Waals surface area contributed by atoms with Crippen molar-refractivity contribution in [3.05, 3.63) is 108 Å². The molecule has 5 rings (SSSR count). The van der Waals surface area contributed by atoms with Crippen LogP contribution < -0.4 is 21.3 Å². The van der Waals surface area contributed by atoms with Crippen LogP contribution in [-0.2, 0) is 9.59 Å². The zero-order valence-electron chi connectivity index (χ0n) is 24.8. The quantitative estimate of drug-likeness (QED) is 0.162. The van der Waals surface area contributed by atoms with Crippen LogP contribution in [0.4, 0.5) is 20.2 Å². The summed E-state index contributed by atoms with van der Waals surface area (Å²) in [6, 6.07) is 19.4. The summed E-state index contributed by atoms with van der Waals surface area (Å²) in [5.74, 6) is -4.05. The standard InChI is InChI=1S/C32H26F2N8O5/c1-17(27(43)39-29(45)23-5-3-7-25(33)37-23)35-21-13-9-19(10-14-21)31-41-42-32(47-31)20-11-15-22(16-12-20)36-18(2)28(44)40-30(46)24-6-4-8-26(34)38-24/h3-18,35-36H,1-2H3,(H,39,43,45)(H,40,44,46)/t17-,18-/m0/s1. The Labute approximate surface area is 265 Å². The molecule has 4 N–H and O–H groups in total. The fraction of sp³-hybridized carbons (Fsp3) is 0.125. The van der Waals surface area contributed by atoms with Gasteiger partial charge in [0.15, 0.2) is 0 Å². The van der Waals surface area contributed by atoms with Crippen LogP contribution in [0.1, 0.15) is 34.8 Å². The van der Waals surface area contributed by atoms with E-state index in [1.807, 2.05) is 0 Å². The highest BCUT2D eigenvalue weighted by atomic mass is 19.1. The highest BCUT2D eigenvalue weighted by molar-refractivity contribution is 6.06. The maximum Gasteiger partial charge on any atom is 0.276 e. The second kappa shape index (κ2) is 14.2. The summed E-state index contributed by atoms with van der Waals surface area (Å²) in [5, 5.41) is 18.5. The van der Waals surface area contributed by atoms with Gasteiger partial charge in [-0.2, -0.15) is 8.78 Å². The molecule has 0 unspecified atom stereocenters. The monoisotopic (exact) mass is 640 g/mol. The molecular formula is C32H26F2N8O5. The summed E-state index contributed by atoms with van der Waals surface area (Å²) in [7, 11) is 0. The molecule has 0 aliphatic rings. The molecule has 13 nitrogen and oxygen atoms in total. The van der Waals surface area contributed by atoms with Gasteiger partial charge in [-0.1, -0.05) is 12.1 Å². The van der Waals surface area contributed by atoms with Crippen molar-refractivity contribution < 1.29 is 32.4 Å². The first-order chi connectivity index (χ1) is 22.5. The van der Waals surface area contributed by atoms with Gasteiger partial charge in [0.05, 0.1) is 0 Å². The zero-order chi connectivity index (χ0) is 33.5. The molecule has 0 aliphatic carbocycles. The molecule has 5 aromatic rings. The minimum Gasteiger partial charge on any atom is -0.416 e. The molecule has 0 fully saturated rings. The van der Waals surface area contributed by atoms with E-state index in [2.05, 4.69) is 41.4 Å². The van der Waals surface area contributed by atoms with Crippen LogP contribution >= 0.6 is 0 Å². The number of nitrogens with zero attached hydrogens (tertiary/aromatic N) is 4. The van der Waals surface area contributed by atoms with Gasteiger partial charge in [0.1, 0.15) is 23.5 Å². The maximum absolute atomic E-state index is 13.3. The number of imide groups is 2. The van der Waals surface area contributed by atoms with Crippen molar-refractivity contribution in [1.82, 2.24) is 30.8 Å². The van der Waals surface area contributed by atoms with Gasteiger partial charge in [-0.05, 0) is 86.6 Å². The largest absolute Gasteiger partial charge is 0.416 e. The topological polar surface area (TPSA) is 181 Å². The van der Waals surface area contributed by atoms with E-state index in [9.17, 15) is 28.0 Å². The third kappa shape index (κ3) is 8.21. The van der Waals surface area contributed by atoms with Crippen molar-refractivity contribution in [2.75, 3.05) is 10.6 Å². The van der Waals surface area contributed by atoms with Crippen LogP contribution in [0.25, 0.3) is 22.9 Å². The van der Waals surface area contributed by atoms with E-state index >= 15 is 0 Å². The molecule has 238 valence electrons. The number of benzene rings is 2. The number of nitrogens with one attached hydrogen (secondary N) is 4. The summed E-state index contributed by atoms with van der Waals surface area (Å²) in [6.45, 7) is 3.12. The molecule has 15 heteroatoms. The minimum absolute atomic E-state index is 0.215. The number of hydrogen-bond acceptors (Lipinski definition) is 11. The van der Waals surface area contributed by atoms with E-state index < -0.39 is 47.6 Å². The van der Waals surface area contributed by atoms with Gasteiger partial charge in [0.25, 0.3) is 11.8 Å². The number of hydrogen-bond donors (Lipinski definition) is 4. The first-order valence-corrected chi connectivity index (χ1v) is 14.1. The lowest BCUT2D eigenvalue weighted by Gasteiger charge is -2.14. The van der Waals surface area contributed by atoms with Gasteiger partial charge < -0.3 is 15.1 Å². The Kier molecular flexibility index (Phi) is 9.64. The lowest BCUT2D eigenvalue weighted by molar-refractivity contribution is -0.121. The first-order valence-electron chi connectivity index (χ1n) is 14.1. The fourth-order valence-electron chi connectivity index (χ4n) is 4.14. The molecule has 0 radical (unpaired) electrons. The number of anilines is 2. The number of aromatic nitrogens is 4. The summed E-state index contributed by atoms with van der Waals surface area (Å²) < 4.78 is 32.4. The minimum atomic E-state index is -0.830. The molecule has 0 saturated carbocycles. The van der Waals surface area contributed by atoms with Crippen molar-refractivity contribution in [1.29, 1.82) is 0 Å². The van der Waals surface area contributed by atoms with Crippen LogP contribution in [0.3, 0.4) is 0 Å². The summed E-state index contributed by atoms with van der Waals surface area (Å²) in [6.07, 6.45) is 0. The van der Waals surface area contributed by atoms with E-state index in [0.29, 0.717) is 22.5 Å². The fourth-order valence-corrected chi connectivity index (χ4v) is 4.14. The third-order valence-corrected chi connectivity index (χ3v) is 6.61. The zero-order valence-corrected chi connectivity index (χ0v) is 24.8. The number of amides is 4. The molecule has 0 aliphatic heterocycles. The third-order valence-electron chi connectivity index (χ3n) is 6.61. The summed E-state index contributed by atoms with van der Waals surface area (Å²) in [5.41, 5.74) is 1.95. The molecule has 0 spiro atoms. The predicted molar refractivity (Wildman–Crippen MR) is 165 cm³/mol. The number of pyridine rings is 2. The van der Waals surface area contributed by atoms with Crippen LogP contribution in [-0.4, -0.2) is 55.9 Å². The lowest BCUT2D eigenvalue weighted by atomic mass is 10.2. The molecule has 2 aromatic carbocycles. The van der Waals surface area contributed by atoms with Crippen molar-refractivity contribution in [3.8, 4) is 22.9 Å². The van der Waals surface area contributed by atoms with E-state index in [-0.39, 0.29) is 23.2 Å². The van der Waals surface area contributed by atoms with Crippen LogP contribution in [0.5, 0.6) is 0 Å². The molecule has 3 aromatic heterocycles. The molecular weight excluding hydrogens is 614 g/mol. The normalized spacial score (nSPS) is 12.0. The van der Waals surface area contributed by atoms with E-state index in [1.165, 1.54) is 24.3 Å². The van der Waals surface area contributed by atoms with Crippen molar-refractivity contribution in [2.24, 2.45) is 0 Å². The van der Waals surface area contributed by atoms with Crippen molar-refractivity contribution in [2.45, 2.75) is 25.9 Å². The van der Waals surface area contributed by atoms with Gasteiger partial charge in [0, 0.05) is 22.5 Å². The Morgan fingerprint density at radius 1 is 0.596 bits per heavy atom. The molecule has 0 saturated heterocycles. The molecule has 2 atom stereocenters. The second-order valence-corrected chi connectivity index (χ2v) is 10.1. The Bertz CT molecular complexity index is 1800. The average Bonchev–Trinajstić information content (AvgIpc) is 3.56. The van der Waals surface area contributed by atoms with Crippen molar-refractivity contribution >= 4 is 35.0 Å². The Morgan fingerprint density at radius 3 is 1.34 bits per heavy atom. The van der Waals surface area contributed by atoms with Crippen LogP contribution in [0, 0.1) is 11.9 Å². The van der Waals surface area contributed by atoms with Crippen LogP contribution in [0.2, 0.25) is 0 Å². The smallest absolute Gasteiger partial charge is 0.276 e. The highest BCUT2D eigenvalue weighted by Gasteiger charge is 2.20. The van der Waals surface area contributed by atoms with Crippen LogP contribution in [0.15, 0.2) is 89.3 Å². The van der Waals surface area contributed by atoms with Gasteiger partial charge in [0.2, 0.25) is 35.5 Å². The average molecular weight is 641 g/mol. The SMILES string of the molecule is C[C@H](Nc1ccc(-c2nnc(-c3ccc(N[C@@H](C)C(=O)NC(=O)c4cccc(F)n4)cc3)o2)cc1)C(=O)NC(=O)c1cccc(F)n1. The molecule has 3 heterocycles. The Morgan fingerprint density at radius 2 is 0.979 bits per heavy atom. The van der Waals surface area contributed by atoms with E-state index in [4.69, 9.17) is 4.42 Å². The van der Waals surface area contributed by atoms with E-state index in [0.717, 1.165) is 12.1 Å². The molecule has 0 bridgehead atoms.